The first kappa shape index (κ1) is 14.9. The van der Waals surface area contributed by atoms with Crippen molar-refractivity contribution < 1.29 is 23.4 Å². The van der Waals surface area contributed by atoms with Gasteiger partial charge in [-0.2, -0.15) is 0 Å². The SMILES string of the molecule is CC(NCC1CCCO1)(C(=O)O)c1cccc(F)c1F. The van der Waals surface area contributed by atoms with Crippen LogP contribution in [0, 0.1) is 11.6 Å². The largest absolute Gasteiger partial charge is 0.480 e. The second-order valence-corrected chi connectivity index (χ2v) is 5.05. The van der Waals surface area contributed by atoms with Gasteiger partial charge in [-0.25, -0.2) is 13.6 Å². The molecule has 6 heteroatoms. The van der Waals surface area contributed by atoms with E-state index in [9.17, 15) is 18.7 Å². The number of hydrogen-bond acceptors (Lipinski definition) is 3. The average molecular weight is 285 g/mol. The molecular formula is C14H17F2NO3. The summed E-state index contributed by atoms with van der Waals surface area (Å²) < 4.78 is 32.5. The molecular weight excluding hydrogens is 268 g/mol. The van der Waals surface area contributed by atoms with E-state index in [1.807, 2.05) is 0 Å². The molecule has 1 aromatic carbocycles. The van der Waals surface area contributed by atoms with Crippen molar-refractivity contribution in [1.29, 1.82) is 0 Å². The molecule has 0 aliphatic carbocycles. The molecule has 1 heterocycles. The van der Waals surface area contributed by atoms with Crippen LogP contribution in [0.5, 0.6) is 0 Å². The van der Waals surface area contributed by atoms with Crippen LogP contribution in [-0.2, 0) is 15.1 Å². The minimum Gasteiger partial charge on any atom is -0.480 e. The fourth-order valence-electron chi connectivity index (χ4n) is 2.30. The number of ether oxygens (including phenoxy) is 1. The van der Waals surface area contributed by atoms with Crippen molar-refractivity contribution in [2.45, 2.75) is 31.4 Å². The average Bonchev–Trinajstić information content (AvgIpc) is 2.92. The van der Waals surface area contributed by atoms with Gasteiger partial charge in [0.15, 0.2) is 11.6 Å². The van der Waals surface area contributed by atoms with Gasteiger partial charge in [-0.1, -0.05) is 12.1 Å². The number of aliphatic carboxylic acids is 1. The first-order valence-electron chi connectivity index (χ1n) is 6.49. The van der Waals surface area contributed by atoms with E-state index >= 15 is 0 Å². The highest BCUT2D eigenvalue weighted by molar-refractivity contribution is 5.80. The van der Waals surface area contributed by atoms with Crippen molar-refractivity contribution in [1.82, 2.24) is 5.32 Å². The first-order valence-corrected chi connectivity index (χ1v) is 6.49. The third-order valence-electron chi connectivity index (χ3n) is 3.63. The molecule has 0 spiro atoms. The number of rotatable bonds is 5. The molecule has 0 radical (unpaired) electrons. The lowest BCUT2D eigenvalue weighted by Crippen LogP contribution is -2.49. The lowest BCUT2D eigenvalue weighted by atomic mass is 9.91. The second kappa shape index (κ2) is 5.85. The molecule has 2 atom stereocenters. The van der Waals surface area contributed by atoms with E-state index in [0.717, 1.165) is 18.9 Å². The van der Waals surface area contributed by atoms with Crippen LogP contribution in [0.3, 0.4) is 0 Å². The lowest BCUT2D eigenvalue weighted by Gasteiger charge is -2.28. The zero-order chi connectivity index (χ0) is 14.8. The summed E-state index contributed by atoms with van der Waals surface area (Å²) in [6.07, 6.45) is 1.66. The molecule has 2 unspecified atom stereocenters. The Hall–Kier alpha value is -1.53. The number of carboxylic acid groups (broad SMARTS) is 1. The maximum absolute atomic E-state index is 13.8. The summed E-state index contributed by atoms with van der Waals surface area (Å²) >= 11 is 0. The van der Waals surface area contributed by atoms with Crippen molar-refractivity contribution in [3.05, 3.63) is 35.4 Å². The van der Waals surface area contributed by atoms with Gasteiger partial charge in [0, 0.05) is 18.7 Å². The van der Waals surface area contributed by atoms with Gasteiger partial charge in [-0.05, 0) is 25.8 Å². The Labute approximate surface area is 115 Å². The number of benzene rings is 1. The molecule has 2 N–H and O–H groups in total. The number of carbonyl (C=O) groups is 1. The van der Waals surface area contributed by atoms with Crippen molar-refractivity contribution in [2.75, 3.05) is 13.2 Å². The van der Waals surface area contributed by atoms with Crippen molar-refractivity contribution in [3.63, 3.8) is 0 Å². The summed E-state index contributed by atoms with van der Waals surface area (Å²) in [5, 5.41) is 12.2. The molecule has 4 nitrogen and oxygen atoms in total. The summed E-state index contributed by atoms with van der Waals surface area (Å²) in [7, 11) is 0. The van der Waals surface area contributed by atoms with Gasteiger partial charge in [-0.3, -0.25) is 5.32 Å². The summed E-state index contributed by atoms with van der Waals surface area (Å²) in [5.74, 6) is -3.47. The van der Waals surface area contributed by atoms with E-state index < -0.39 is 23.1 Å². The normalized spacial score (nSPS) is 21.6. The van der Waals surface area contributed by atoms with Crippen LogP contribution in [0.2, 0.25) is 0 Å². The van der Waals surface area contributed by atoms with Gasteiger partial charge < -0.3 is 9.84 Å². The van der Waals surface area contributed by atoms with Crippen molar-refractivity contribution in [2.24, 2.45) is 0 Å². The summed E-state index contributed by atoms with van der Waals surface area (Å²) in [5.41, 5.74) is -1.92. The van der Waals surface area contributed by atoms with Crippen LogP contribution in [0.15, 0.2) is 18.2 Å². The Morgan fingerprint density at radius 2 is 2.30 bits per heavy atom. The van der Waals surface area contributed by atoms with Gasteiger partial charge in [-0.15, -0.1) is 0 Å². The highest BCUT2D eigenvalue weighted by Crippen LogP contribution is 2.26. The number of halogens is 2. The van der Waals surface area contributed by atoms with Crippen molar-refractivity contribution in [3.8, 4) is 0 Å². The van der Waals surface area contributed by atoms with E-state index in [0.29, 0.717) is 6.61 Å². The fraction of sp³-hybridized carbons (Fsp3) is 0.500. The predicted molar refractivity (Wildman–Crippen MR) is 68.3 cm³/mol. The van der Waals surface area contributed by atoms with E-state index in [2.05, 4.69) is 5.32 Å². The molecule has 0 aromatic heterocycles. The van der Waals surface area contributed by atoms with E-state index in [4.69, 9.17) is 4.74 Å². The van der Waals surface area contributed by atoms with Crippen LogP contribution in [0.1, 0.15) is 25.3 Å². The zero-order valence-electron chi connectivity index (χ0n) is 11.2. The Balaban J connectivity index is 2.23. The molecule has 1 fully saturated rings. The first-order chi connectivity index (χ1) is 9.45. The number of carboxylic acids is 1. The minimum absolute atomic E-state index is 0.0923. The molecule has 1 aromatic rings. The third kappa shape index (κ3) is 2.81. The molecule has 1 aliphatic rings. The van der Waals surface area contributed by atoms with Crippen molar-refractivity contribution >= 4 is 5.97 Å². The quantitative estimate of drug-likeness (QED) is 0.869. The van der Waals surface area contributed by atoms with E-state index in [-0.39, 0.29) is 18.2 Å². The molecule has 1 saturated heterocycles. The highest BCUT2D eigenvalue weighted by atomic mass is 19.2. The summed E-state index contributed by atoms with van der Waals surface area (Å²) in [6, 6.07) is 3.53. The van der Waals surface area contributed by atoms with Crippen LogP contribution in [-0.4, -0.2) is 30.3 Å². The Morgan fingerprint density at radius 1 is 1.55 bits per heavy atom. The Morgan fingerprint density at radius 3 is 2.90 bits per heavy atom. The molecule has 1 aliphatic heterocycles. The second-order valence-electron chi connectivity index (χ2n) is 5.05. The fourth-order valence-corrected chi connectivity index (χ4v) is 2.30. The molecule has 20 heavy (non-hydrogen) atoms. The van der Waals surface area contributed by atoms with Crippen LogP contribution < -0.4 is 5.32 Å². The maximum Gasteiger partial charge on any atom is 0.328 e. The predicted octanol–water partition coefficient (Wildman–Crippen LogP) is 2.03. The Kier molecular flexibility index (Phi) is 4.35. The van der Waals surface area contributed by atoms with Crippen LogP contribution in [0.4, 0.5) is 8.78 Å². The minimum atomic E-state index is -1.70. The van der Waals surface area contributed by atoms with E-state index in [1.165, 1.54) is 19.1 Å². The summed E-state index contributed by atoms with van der Waals surface area (Å²) in [4.78, 5) is 11.5. The van der Waals surface area contributed by atoms with E-state index in [1.54, 1.807) is 0 Å². The number of nitrogens with one attached hydrogen (secondary N) is 1. The van der Waals surface area contributed by atoms with Gasteiger partial charge in [0.25, 0.3) is 0 Å². The smallest absolute Gasteiger partial charge is 0.328 e. The van der Waals surface area contributed by atoms with Gasteiger partial charge in [0.05, 0.1) is 6.10 Å². The van der Waals surface area contributed by atoms with Gasteiger partial charge in [0.2, 0.25) is 0 Å². The molecule has 0 saturated carbocycles. The molecule has 2 rings (SSSR count). The Bertz CT molecular complexity index is 503. The third-order valence-corrected chi connectivity index (χ3v) is 3.63. The molecule has 0 amide bonds. The van der Waals surface area contributed by atoms with Crippen LogP contribution in [0.25, 0.3) is 0 Å². The molecule has 0 bridgehead atoms. The van der Waals surface area contributed by atoms with Crippen LogP contribution >= 0.6 is 0 Å². The monoisotopic (exact) mass is 285 g/mol. The zero-order valence-corrected chi connectivity index (χ0v) is 11.2. The lowest BCUT2D eigenvalue weighted by molar-refractivity contribution is -0.145. The summed E-state index contributed by atoms with van der Waals surface area (Å²) in [6.45, 7) is 2.24. The topological polar surface area (TPSA) is 58.6 Å². The van der Waals surface area contributed by atoms with Gasteiger partial charge in [0.1, 0.15) is 5.54 Å². The maximum atomic E-state index is 13.8. The number of hydrogen-bond donors (Lipinski definition) is 2. The highest BCUT2D eigenvalue weighted by Gasteiger charge is 2.38. The van der Waals surface area contributed by atoms with Gasteiger partial charge >= 0.3 is 5.97 Å². The molecule has 110 valence electrons. The standard InChI is InChI=1S/C14H17F2NO3/c1-14(13(18)19,17-8-9-4-3-7-20-9)10-5-2-6-11(15)12(10)16/h2,5-6,9,17H,3-4,7-8H2,1H3,(H,18,19).